The molecule has 0 aromatic carbocycles. The van der Waals surface area contributed by atoms with Gasteiger partial charge in [-0.3, -0.25) is 4.79 Å². The summed E-state index contributed by atoms with van der Waals surface area (Å²) in [5.74, 6) is 1.78. The number of thiophene rings is 1. The van der Waals surface area contributed by atoms with Gasteiger partial charge in [-0.15, -0.1) is 11.3 Å². The average Bonchev–Trinajstić information content (AvgIpc) is 3.19. The molecule has 1 unspecified atom stereocenters. The first kappa shape index (κ1) is 14.4. The molecule has 1 aliphatic rings. The summed E-state index contributed by atoms with van der Waals surface area (Å²) >= 11 is 1.53. The predicted octanol–water partition coefficient (Wildman–Crippen LogP) is 3.47. The highest BCUT2D eigenvalue weighted by Gasteiger charge is 2.20. The maximum atomic E-state index is 12.1. The van der Waals surface area contributed by atoms with Gasteiger partial charge in [-0.2, -0.15) is 0 Å². The molecule has 1 fully saturated rings. The van der Waals surface area contributed by atoms with Gasteiger partial charge < -0.3 is 14.5 Å². The predicted molar refractivity (Wildman–Crippen MR) is 81.7 cm³/mol. The number of carbonyl (C=O) groups excluding carboxylic acids is 1. The molecule has 1 saturated heterocycles. The topological polar surface area (TPSA) is 51.5 Å². The van der Waals surface area contributed by atoms with Crippen LogP contribution in [-0.2, 0) is 11.2 Å². The van der Waals surface area contributed by atoms with Crippen molar-refractivity contribution in [3.8, 4) is 0 Å². The lowest BCUT2D eigenvalue weighted by molar-refractivity contribution is 0.0958. The summed E-state index contributed by atoms with van der Waals surface area (Å²) in [6, 6.07) is 7.77. The summed E-state index contributed by atoms with van der Waals surface area (Å²) in [4.78, 5) is 14.0. The first-order valence-electron chi connectivity index (χ1n) is 7.27. The van der Waals surface area contributed by atoms with Crippen LogP contribution in [0.5, 0.6) is 0 Å². The van der Waals surface area contributed by atoms with Gasteiger partial charge in [0.2, 0.25) is 0 Å². The number of nitrogens with one attached hydrogen (secondary N) is 1. The minimum absolute atomic E-state index is 0.0208. The van der Waals surface area contributed by atoms with Crippen LogP contribution in [0.3, 0.4) is 0 Å². The van der Waals surface area contributed by atoms with Crippen molar-refractivity contribution in [2.45, 2.75) is 32.3 Å². The molecule has 4 nitrogen and oxygen atoms in total. The second-order valence-corrected chi connectivity index (χ2v) is 6.34. The maximum absolute atomic E-state index is 12.1. The van der Waals surface area contributed by atoms with E-state index in [-0.39, 0.29) is 12.0 Å². The summed E-state index contributed by atoms with van der Waals surface area (Å²) in [6.45, 7) is 3.33. The van der Waals surface area contributed by atoms with E-state index in [9.17, 15) is 4.79 Å². The van der Waals surface area contributed by atoms with Gasteiger partial charge in [-0.05, 0) is 44.0 Å². The van der Waals surface area contributed by atoms with E-state index in [4.69, 9.17) is 9.15 Å². The summed E-state index contributed by atoms with van der Waals surface area (Å²) in [6.07, 6.45) is 3.05. The van der Waals surface area contributed by atoms with E-state index in [0.29, 0.717) is 13.0 Å². The van der Waals surface area contributed by atoms with Crippen LogP contribution in [-0.4, -0.2) is 19.1 Å². The molecule has 0 saturated carbocycles. The number of aryl methyl sites for hydroxylation is 1. The van der Waals surface area contributed by atoms with Crippen LogP contribution in [0.4, 0.5) is 0 Å². The second-order valence-electron chi connectivity index (χ2n) is 5.22. The quantitative estimate of drug-likeness (QED) is 0.920. The van der Waals surface area contributed by atoms with Crippen molar-refractivity contribution in [2.75, 3.05) is 13.2 Å². The van der Waals surface area contributed by atoms with Crippen molar-refractivity contribution in [3.05, 3.63) is 45.5 Å². The molecule has 1 atom stereocenters. The zero-order valence-electron chi connectivity index (χ0n) is 12.1. The zero-order chi connectivity index (χ0) is 14.7. The SMILES string of the molecule is Cc1ccc(CCNC(=O)c2ccc(C3CCCO3)s2)o1. The van der Waals surface area contributed by atoms with E-state index in [2.05, 4.69) is 5.32 Å². The number of rotatable bonds is 5. The van der Waals surface area contributed by atoms with Gasteiger partial charge in [0.05, 0.1) is 11.0 Å². The molecular formula is C16H19NO3S. The Morgan fingerprint density at radius 2 is 2.29 bits per heavy atom. The average molecular weight is 305 g/mol. The third kappa shape index (κ3) is 3.54. The van der Waals surface area contributed by atoms with Crippen LogP contribution in [0.1, 0.15) is 45.0 Å². The Hall–Kier alpha value is -1.59. The normalized spacial score (nSPS) is 18.0. The van der Waals surface area contributed by atoms with Crippen molar-refractivity contribution in [1.29, 1.82) is 0 Å². The van der Waals surface area contributed by atoms with Crippen molar-refractivity contribution < 1.29 is 13.9 Å². The fraction of sp³-hybridized carbons (Fsp3) is 0.438. The van der Waals surface area contributed by atoms with Crippen molar-refractivity contribution in [2.24, 2.45) is 0 Å². The highest BCUT2D eigenvalue weighted by atomic mass is 32.1. The number of furan rings is 1. The lowest BCUT2D eigenvalue weighted by atomic mass is 10.2. The summed E-state index contributed by atoms with van der Waals surface area (Å²) in [5.41, 5.74) is 0. The molecule has 2 aromatic heterocycles. The van der Waals surface area contributed by atoms with Crippen LogP contribution >= 0.6 is 11.3 Å². The van der Waals surface area contributed by atoms with Crippen LogP contribution in [0, 0.1) is 6.92 Å². The Bertz CT molecular complexity index is 611. The van der Waals surface area contributed by atoms with Gasteiger partial charge in [-0.1, -0.05) is 0 Å². The number of carbonyl (C=O) groups is 1. The van der Waals surface area contributed by atoms with E-state index in [1.165, 1.54) is 11.3 Å². The summed E-state index contributed by atoms with van der Waals surface area (Å²) in [5, 5.41) is 2.93. The molecule has 0 spiro atoms. The third-order valence-electron chi connectivity index (χ3n) is 3.55. The van der Waals surface area contributed by atoms with E-state index in [1.54, 1.807) is 0 Å². The first-order chi connectivity index (χ1) is 10.2. The number of hydrogen-bond donors (Lipinski definition) is 1. The van der Waals surface area contributed by atoms with Gasteiger partial charge in [0.25, 0.3) is 5.91 Å². The largest absolute Gasteiger partial charge is 0.466 e. The molecule has 0 bridgehead atoms. The maximum Gasteiger partial charge on any atom is 0.261 e. The standard InChI is InChI=1S/C16H19NO3S/c1-11-4-5-12(20-11)8-9-17-16(18)15-7-6-14(21-15)13-3-2-10-19-13/h4-7,13H,2-3,8-10H2,1H3,(H,17,18). The number of hydrogen-bond acceptors (Lipinski definition) is 4. The Labute approximate surface area is 128 Å². The highest BCUT2D eigenvalue weighted by molar-refractivity contribution is 7.14. The molecular weight excluding hydrogens is 286 g/mol. The molecule has 1 N–H and O–H groups in total. The molecule has 112 valence electrons. The van der Waals surface area contributed by atoms with Gasteiger partial charge in [0.15, 0.2) is 0 Å². The van der Waals surface area contributed by atoms with Crippen molar-refractivity contribution >= 4 is 17.2 Å². The Morgan fingerprint density at radius 1 is 1.38 bits per heavy atom. The van der Waals surface area contributed by atoms with Crippen LogP contribution in [0.2, 0.25) is 0 Å². The Balaban J connectivity index is 1.50. The highest BCUT2D eigenvalue weighted by Crippen LogP contribution is 2.33. The molecule has 3 heterocycles. The second kappa shape index (κ2) is 6.45. The molecule has 0 radical (unpaired) electrons. The van der Waals surface area contributed by atoms with E-state index in [0.717, 1.165) is 40.7 Å². The Morgan fingerprint density at radius 3 is 3.00 bits per heavy atom. The van der Waals surface area contributed by atoms with Crippen molar-refractivity contribution in [1.82, 2.24) is 5.32 Å². The van der Waals surface area contributed by atoms with E-state index in [1.807, 2.05) is 31.2 Å². The third-order valence-corrected chi connectivity index (χ3v) is 4.73. The molecule has 2 aromatic rings. The summed E-state index contributed by atoms with van der Waals surface area (Å²) in [7, 11) is 0. The fourth-order valence-electron chi connectivity index (χ4n) is 2.46. The number of ether oxygens (including phenoxy) is 1. The monoisotopic (exact) mass is 305 g/mol. The molecule has 1 aliphatic heterocycles. The van der Waals surface area contributed by atoms with Crippen molar-refractivity contribution in [3.63, 3.8) is 0 Å². The van der Waals surface area contributed by atoms with Gasteiger partial charge in [0, 0.05) is 24.4 Å². The van der Waals surface area contributed by atoms with E-state index < -0.39 is 0 Å². The van der Waals surface area contributed by atoms with E-state index >= 15 is 0 Å². The number of amides is 1. The smallest absolute Gasteiger partial charge is 0.261 e. The molecule has 3 rings (SSSR count). The molecule has 21 heavy (non-hydrogen) atoms. The Kier molecular flexibility index (Phi) is 4.41. The van der Waals surface area contributed by atoms with Gasteiger partial charge >= 0.3 is 0 Å². The van der Waals surface area contributed by atoms with Crippen LogP contribution in [0.15, 0.2) is 28.7 Å². The molecule has 1 amide bonds. The van der Waals surface area contributed by atoms with Gasteiger partial charge in [0.1, 0.15) is 11.5 Å². The molecule has 5 heteroatoms. The van der Waals surface area contributed by atoms with Gasteiger partial charge in [-0.25, -0.2) is 0 Å². The first-order valence-corrected chi connectivity index (χ1v) is 8.09. The lowest BCUT2D eigenvalue weighted by Crippen LogP contribution is -2.24. The summed E-state index contributed by atoms with van der Waals surface area (Å²) < 4.78 is 11.1. The van der Waals surface area contributed by atoms with Crippen LogP contribution < -0.4 is 5.32 Å². The van der Waals surface area contributed by atoms with Crippen LogP contribution in [0.25, 0.3) is 0 Å². The zero-order valence-corrected chi connectivity index (χ0v) is 12.9. The minimum atomic E-state index is -0.0208. The molecule has 0 aliphatic carbocycles. The fourth-order valence-corrected chi connectivity index (χ4v) is 3.46. The lowest BCUT2D eigenvalue weighted by Gasteiger charge is -2.05. The minimum Gasteiger partial charge on any atom is -0.466 e.